The van der Waals surface area contributed by atoms with Crippen LogP contribution in [0.5, 0.6) is 0 Å². The smallest absolute Gasteiger partial charge is 0.259 e. The van der Waals surface area contributed by atoms with Crippen LogP contribution < -0.4 is 5.32 Å². The number of thioether (sulfide) groups is 1. The molecule has 20 heavy (non-hydrogen) atoms. The minimum atomic E-state index is -0.367. The van der Waals surface area contributed by atoms with Gasteiger partial charge in [0.1, 0.15) is 0 Å². The van der Waals surface area contributed by atoms with E-state index in [2.05, 4.69) is 22.2 Å². The van der Waals surface area contributed by atoms with E-state index >= 15 is 0 Å². The van der Waals surface area contributed by atoms with Crippen LogP contribution in [-0.2, 0) is 6.54 Å². The Labute approximate surface area is 123 Å². The third kappa shape index (κ3) is 7.73. The first-order chi connectivity index (χ1) is 9.72. The fourth-order valence-corrected chi connectivity index (χ4v) is 2.22. The quantitative estimate of drug-likeness (QED) is 0.248. The third-order valence-corrected chi connectivity index (χ3v) is 3.57. The fraction of sp³-hybridized carbons (Fsp3) is 0.538. The summed E-state index contributed by atoms with van der Waals surface area (Å²) in [6, 6.07) is 3.73. The van der Waals surface area contributed by atoms with Gasteiger partial charge in [-0.05, 0) is 23.8 Å². The summed E-state index contributed by atoms with van der Waals surface area (Å²) in [6.45, 7) is 2.98. The van der Waals surface area contributed by atoms with Crippen molar-refractivity contribution in [3.05, 3.63) is 40.2 Å². The summed E-state index contributed by atoms with van der Waals surface area (Å²) in [7, 11) is 0. The van der Waals surface area contributed by atoms with Crippen molar-refractivity contribution in [2.24, 2.45) is 4.99 Å². The number of pyridine rings is 1. The highest BCUT2D eigenvalue weighted by Crippen LogP contribution is 2.00. The van der Waals surface area contributed by atoms with E-state index in [-0.39, 0.29) is 11.5 Å². The summed E-state index contributed by atoms with van der Waals surface area (Å²) in [5, 5.41) is 13.7. The molecule has 1 N–H and O–H groups in total. The molecule has 0 fully saturated rings. The molecule has 7 heteroatoms. The maximum Gasteiger partial charge on any atom is 0.259 e. The Balaban J connectivity index is 2.44. The highest BCUT2D eigenvalue weighted by molar-refractivity contribution is 7.99. The Morgan fingerprint density at radius 2 is 2.40 bits per heavy atom. The molecule has 1 aromatic rings. The van der Waals surface area contributed by atoms with Gasteiger partial charge in [-0.2, -0.15) is 11.8 Å². The van der Waals surface area contributed by atoms with Crippen LogP contribution >= 0.6 is 11.8 Å². The molecule has 0 atom stereocenters. The number of nitro groups is 1. The van der Waals surface area contributed by atoms with Crippen LogP contribution in [-0.4, -0.2) is 40.3 Å². The molecule has 1 aromatic heterocycles. The predicted octanol–water partition coefficient (Wildman–Crippen LogP) is 1.99. The van der Waals surface area contributed by atoms with Crippen LogP contribution in [0.1, 0.15) is 18.9 Å². The average Bonchev–Trinajstić information content (AvgIpc) is 2.45. The second-order valence-corrected chi connectivity index (χ2v) is 5.38. The number of aliphatic imine (C=N–C) groups is 1. The lowest BCUT2D eigenvalue weighted by Gasteiger charge is -2.06. The number of nitrogens with zero attached hydrogens (tertiary/aromatic N) is 3. The minimum absolute atomic E-state index is 0.265. The molecule has 1 rings (SSSR count). The van der Waals surface area contributed by atoms with Crippen molar-refractivity contribution in [3.63, 3.8) is 0 Å². The summed E-state index contributed by atoms with van der Waals surface area (Å²) in [5.41, 5.74) is 0.940. The molecule has 6 nitrogen and oxygen atoms in total. The molecule has 0 radical (unpaired) electrons. The van der Waals surface area contributed by atoms with Gasteiger partial charge in [0.15, 0.2) is 5.84 Å². The van der Waals surface area contributed by atoms with E-state index in [1.807, 2.05) is 23.9 Å². The van der Waals surface area contributed by atoms with Crippen molar-refractivity contribution in [2.45, 2.75) is 19.9 Å². The largest absolute Gasteiger partial charge is 0.367 e. The van der Waals surface area contributed by atoms with E-state index in [0.717, 1.165) is 23.5 Å². The molecule has 0 bridgehead atoms. The Kier molecular flexibility index (Phi) is 8.37. The number of rotatable bonds is 9. The number of aromatic nitrogens is 1. The normalized spacial score (nSPS) is 11.3. The SMILES string of the molecule is CCCSCCNC(C[N+](=O)[O-])=NCc1cccnc1. The van der Waals surface area contributed by atoms with E-state index in [1.54, 1.807) is 12.4 Å². The summed E-state index contributed by atoms with van der Waals surface area (Å²) in [6.07, 6.45) is 4.54. The zero-order valence-corrected chi connectivity index (χ0v) is 12.4. The number of hydrogen-bond donors (Lipinski definition) is 1. The minimum Gasteiger partial charge on any atom is -0.367 e. The summed E-state index contributed by atoms with van der Waals surface area (Å²) >= 11 is 1.83. The molecule has 0 saturated carbocycles. The highest BCUT2D eigenvalue weighted by atomic mass is 32.2. The zero-order valence-electron chi connectivity index (χ0n) is 11.6. The molecule has 0 aromatic carbocycles. The van der Waals surface area contributed by atoms with E-state index < -0.39 is 0 Å². The van der Waals surface area contributed by atoms with E-state index in [4.69, 9.17) is 0 Å². The van der Waals surface area contributed by atoms with Gasteiger partial charge in [0.2, 0.25) is 0 Å². The van der Waals surface area contributed by atoms with Gasteiger partial charge in [-0.3, -0.25) is 20.1 Å². The maximum absolute atomic E-state index is 10.6. The Hall–Kier alpha value is -1.63. The number of amidine groups is 1. The lowest BCUT2D eigenvalue weighted by atomic mass is 10.3. The first-order valence-electron chi connectivity index (χ1n) is 6.58. The fourth-order valence-electron chi connectivity index (χ4n) is 1.48. The molecular weight excluding hydrogens is 276 g/mol. The molecule has 0 aliphatic rings. The van der Waals surface area contributed by atoms with Crippen LogP contribution in [0, 0.1) is 10.1 Å². The van der Waals surface area contributed by atoms with Crippen LogP contribution in [0.3, 0.4) is 0 Å². The van der Waals surface area contributed by atoms with Gasteiger partial charge >= 0.3 is 0 Å². The molecule has 1 heterocycles. The number of hydrogen-bond acceptors (Lipinski definition) is 5. The van der Waals surface area contributed by atoms with Crippen LogP contribution in [0.25, 0.3) is 0 Å². The second-order valence-electron chi connectivity index (χ2n) is 4.15. The average molecular weight is 296 g/mol. The topological polar surface area (TPSA) is 80.4 Å². The van der Waals surface area contributed by atoms with E-state index in [1.165, 1.54) is 0 Å². The van der Waals surface area contributed by atoms with Gasteiger partial charge in [-0.1, -0.05) is 13.0 Å². The first kappa shape index (κ1) is 16.4. The Bertz CT molecular complexity index is 426. The molecule has 110 valence electrons. The molecule has 0 spiro atoms. The highest BCUT2D eigenvalue weighted by Gasteiger charge is 2.06. The zero-order chi connectivity index (χ0) is 14.6. The van der Waals surface area contributed by atoms with Crippen LogP contribution in [0.4, 0.5) is 0 Å². The van der Waals surface area contributed by atoms with Crippen molar-refractivity contribution in [1.82, 2.24) is 10.3 Å². The van der Waals surface area contributed by atoms with Gasteiger partial charge in [0.25, 0.3) is 6.54 Å². The predicted molar refractivity (Wildman–Crippen MR) is 82.9 cm³/mol. The number of nitrogens with one attached hydrogen (secondary N) is 1. The Morgan fingerprint density at radius 1 is 1.55 bits per heavy atom. The van der Waals surface area contributed by atoms with Crippen LogP contribution in [0.15, 0.2) is 29.5 Å². The monoisotopic (exact) mass is 296 g/mol. The van der Waals surface area contributed by atoms with Crippen LogP contribution in [0.2, 0.25) is 0 Å². The lowest BCUT2D eigenvalue weighted by Crippen LogP contribution is -2.32. The van der Waals surface area contributed by atoms with E-state index in [0.29, 0.717) is 18.9 Å². The van der Waals surface area contributed by atoms with Gasteiger partial charge in [-0.15, -0.1) is 0 Å². The van der Waals surface area contributed by atoms with Gasteiger partial charge in [-0.25, -0.2) is 0 Å². The van der Waals surface area contributed by atoms with Crippen molar-refractivity contribution in [1.29, 1.82) is 0 Å². The first-order valence-corrected chi connectivity index (χ1v) is 7.73. The molecule has 0 aliphatic carbocycles. The van der Waals surface area contributed by atoms with Gasteiger partial charge in [0.05, 0.1) is 6.54 Å². The molecule has 0 saturated heterocycles. The lowest BCUT2D eigenvalue weighted by molar-refractivity contribution is -0.463. The summed E-state index contributed by atoms with van der Waals surface area (Å²) in [5.74, 6) is 2.47. The molecule has 0 aliphatic heterocycles. The molecule has 0 amide bonds. The summed E-state index contributed by atoms with van der Waals surface area (Å²) < 4.78 is 0. The van der Waals surface area contributed by atoms with Crippen molar-refractivity contribution >= 4 is 17.6 Å². The van der Waals surface area contributed by atoms with Crippen molar-refractivity contribution in [2.75, 3.05) is 24.6 Å². The van der Waals surface area contributed by atoms with Crippen molar-refractivity contribution in [3.8, 4) is 0 Å². The molecular formula is C13H20N4O2S. The van der Waals surface area contributed by atoms with E-state index in [9.17, 15) is 10.1 Å². The molecule has 0 unspecified atom stereocenters. The maximum atomic E-state index is 10.6. The van der Waals surface area contributed by atoms with Gasteiger partial charge < -0.3 is 5.32 Å². The van der Waals surface area contributed by atoms with Gasteiger partial charge in [0, 0.05) is 29.6 Å². The van der Waals surface area contributed by atoms with Crippen molar-refractivity contribution < 1.29 is 4.92 Å². The second kappa shape index (κ2) is 10.2. The standard InChI is InChI=1S/C13H20N4O2S/c1-2-7-20-8-6-15-13(11-17(18)19)16-10-12-4-3-5-14-9-12/h3-5,9H,2,6-8,10-11H2,1H3,(H,15,16). The Morgan fingerprint density at radius 3 is 3.05 bits per heavy atom. The summed E-state index contributed by atoms with van der Waals surface area (Å²) in [4.78, 5) is 18.5. The third-order valence-electron chi connectivity index (χ3n) is 2.38.